The van der Waals surface area contributed by atoms with Gasteiger partial charge >= 0.3 is 0 Å². The van der Waals surface area contributed by atoms with Crippen molar-refractivity contribution >= 4 is 16.9 Å². The number of para-hydroxylation sites is 1. The Bertz CT molecular complexity index is 1490. The fourth-order valence-corrected chi connectivity index (χ4v) is 4.87. The van der Waals surface area contributed by atoms with Gasteiger partial charge in [-0.2, -0.15) is 0 Å². The number of piperazine rings is 1. The van der Waals surface area contributed by atoms with Crippen molar-refractivity contribution in [3.63, 3.8) is 0 Å². The molecule has 0 N–H and O–H groups in total. The average Bonchev–Trinajstić information content (AvgIpc) is 2.95. The smallest absolute Gasteiger partial charge is 0.257 e. The maximum Gasteiger partial charge on any atom is 0.257 e. The molecule has 1 aliphatic rings. The van der Waals surface area contributed by atoms with E-state index in [1.807, 2.05) is 53.4 Å². The highest BCUT2D eigenvalue weighted by Crippen LogP contribution is 2.29. The molecule has 4 aromatic rings. The van der Waals surface area contributed by atoms with E-state index >= 15 is 0 Å². The van der Waals surface area contributed by atoms with Crippen LogP contribution in [0, 0.1) is 6.92 Å². The average molecular weight is 499 g/mol. The highest BCUT2D eigenvalue weighted by atomic mass is 16.5. The van der Waals surface area contributed by atoms with Gasteiger partial charge in [0, 0.05) is 49.4 Å². The van der Waals surface area contributed by atoms with Crippen molar-refractivity contribution in [3.05, 3.63) is 93.6 Å². The van der Waals surface area contributed by atoms with E-state index in [0.29, 0.717) is 47.5 Å². The number of rotatable bonds is 6. The highest BCUT2D eigenvalue weighted by Gasteiger charge is 2.26. The second-order valence-corrected chi connectivity index (χ2v) is 9.18. The van der Waals surface area contributed by atoms with E-state index in [9.17, 15) is 9.59 Å². The molecule has 0 spiro atoms. The summed E-state index contributed by atoms with van der Waals surface area (Å²) >= 11 is 0. The van der Waals surface area contributed by atoms with E-state index in [2.05, 4.69) is 4.90 Å². The predicted octanol–water partition coefficient (Wildman–Crippen LogP) is 4.74. The van der Waals surface area contributed by atoms with E-state index in [-0.39, 0.29) is 11.3 Å². The van der Waals surface area contributed by atoms with E-state index < -0.39 is 0 Å². The van der Waals surface area contributed by atoms with Crippen LogP contribution in [0.15, 0.2) is 75.9 Å². The largest absolute Gasteiger partial charge is 0.497 e. The molecule has 5 rings (SSSR count). The molecule has 1 aromatic heterocycles. The number of carbonyl (C=O) groups excluding carboxylic acids is 1. The summed E-state index contributed by atoms with van der Waals surface area (Å²) in [6.45, 7) is 5.04. The SMILES string of the molecule is COc1ccc(OC)c(CN2CCN(C(=O)c3cccc4c(=O)c(C)c(-c5ccccc5)oc34)CC2)c1. The van der Waals surface area contributed by atoms with Crippen molar-refractivity contribution in [1.82, 2.24) is 9.80 Å². The molecule has 7 nitrogen and oxygen atoms in total. The molecular weight excluding hydrogens is 468 g/mol. The normalized spacial score (nSPS) is 14.1. The molecule has 0 unspecified atom stereocenters. The second kappa shape index (κ2) is 10.5. The predicted molar refractivity (Wildman–Crippen MR) is 143 cm³/mol. The lowest BCUT2D eigenvalue weighted by molar-refractivity contribution is 0.0628. The molecule has 0 atom stereocenters. The van der Waals surface area contributed by atoms with Crippen molar-refractivity contribution in [2.45, 2.75) is 13.5 Å². The van der Waals surface area contributed by atoms with Crippen molar-refractivity contribution < 1.29 is 18.7 Å². The van der Waals surface area contributed by atoms with Gasteiger partial charge in [0.1, 0.15) is 17.3 Å². The lowest BCUT2D eigenvalue weighted by Gasteiger charge is -2.35. The number of hydrogen-bond acceptors (Lipinski definition) is 6. The number of amides is 1. The highest BCUT2D eigenvalue weighted by molar-refractivity contribution is 6.05. The molecule has 190 valence electrons. The monoisotopic (exact) mass is 498 g/mol. The van der Waals surface area contributed by atoms with E-state index in [1.165, 1.54) is 0 Å². The van der Waals surface area contributed by atoms with Crippen LogP contribution in [0.1, 0.15) is 21.5 Å². The Morgan fingerprint density at radius 1 is 0.919 bits per heavy atom. The summed E-state index contributed by atoms with van der Waals surface area (Å²) in [6.07, 6.45) is 0. The first-order valence-corrected chi connectivity index (χ1v) is 12.3. The molecule has 7 heteroatoms. The van der Waals surface area contributed by atoms with Gasteiger partial charge in [-0.05, 0) is 37.3 Å². The van der Waals surface area contributed by atoms with Crippen LogP contribution in [0.25, 0.3) is 22.3 Å². The summed E-state index contributed by atoms with van der Waals surface area (Å²) in [7, 11) is 3.31. The van der Waals surface area contributed by atoms with Gasteiger partial charge in [0.15, 0.2) is 11.0 Å². The van der Waals surface area contributed by atoms with Crippen LogP contribution in [-0.2, 0) is 6.54 Å². The van der Waals surface area contributed by atoms with Gasteiger partial charge in [-0.1, -0.05) is 36.4 Å². The van der Waals surface area contributed by atoms with Crippen LogP contribution in [0.2, 0.25) is 0 Å². The van der Waals surface area contributed by atoms with Crippen molar-refractivity contribution in [2.75, 3.05) is 40.4 Å². The van der Waals surface area contributed by atoms with Crippen LogP contribution < -0.4 is 14.9 Å². The van der Waals surface area contributed by atoms with Crippen molar-refractivity contribution in [3.8, 4) is 22.8 Å². The summed E-state index contributed by atoms with van der Waals surface area (Å²) in [5, 5.41) is 0.423. The lowest BCUT2D eigenvalue weighted by atomic mass is 10.0. The standard InChI is InChI=1S/C30H30N2O5/c1-20-27(33)24-10-7-11-25(29(24)37-28(20)21-8-5-4-6-9-21)30(34)32-16-14-31(15-17-32)19-22-18-23(35-2)12-13-26(22)36-3/h4-13,18H,14-17,19H2,1-3H3. The van der Waals surface area contributed by atoms with Gasteiger partial charge in [-0.25, -0.2) is 0 Å². The number of nitrogens with zero attached hydrogens (tertiary/aromatic N) is 2. The zero-order valence-corrected chi connectivity index (χ0v) is 21.3. The summed E-state index contributed by atoms with van der Waals surface area (Å²) < 4.78 is 17.2. The maximum absolute atomic E-state index is 13.6. The number of fused-ring (bicyclic) bond motifs is 1. The number of benzene rings is 3. The van der Waals surface area contributed by atoms with Gasteiger partial charge < -0.3 is 18.8 Å². The van der Waals surface area contributed by atoms with Crippen LogP contribution in [-0.4, -0.2) is 56.1 Å². The minimum Gasteiger partial charge on any atom is -0.497 e. The third kappa shape index (κ3) is 4.82. The summed E-state index contributed by atoms with van der Waals surface area (Å²) in [4.78, 5) is 30.9. The molecule has 1 saturated heterocycles. The van der Waals surface area contributed by atoms with Gasteiger partial charge in [0.2, 0.25) is 0 Å². The fraction of sp³-hybridized carbons (Fsp3) is 0.267. The molecule has 37 heavy (non-hydrogen) atoms. The van der Waals surface area contributed by atoms with Crippen LogP contribution in [0.5, 0.6) is 11.5 Å². The molecule has 0 radical (unpaired) electrons. The molecule has 0 bridgehead atoms. The number of carbonyl (C=O) groups is 1. The topological polar surface area (TPSA) is 72.2 Å². The summed E-state index contributed by atoms with van der Waals surface area (Å²) in [5.41, 5.74) is 3.01. The van der Waals surface area contributed by atoms with Crippen molar-refractivity contribution in [2.24, 2.45) is 0 Å². The zero-order chi connectivity index (χ0) is 25.9. The first-order chi connectivity index (χ1) is 18.0. The van der Waals surface area contributed by atoms with E-state index in [1.54, 1.807) is 39.3 Å². The Balaban J connectivity index is 1.38. The summed E-state index contributed by atoms with van der Waals surface area (Å²) in [5.74, 6) is 1.97. The molecule has 3 aromatic carbocycles. The van der Waals surface area contributed by atoms with Crippen LogP contribution in [0.3, 0.4) is 0 Å². The third-order valence-corrected chi connectivity index (χ3v) is 6.95. The van der Waals surface area contributed by atoms with Crippen LogP contribution >= 0.6 is 0 Å². The Morgan fingerprint density at radius 2 is 1.68 bits per heavy atom. The zero-order valence-electron chi connectivity index (χ0n) is 21.3. The summed E-state index contributed by atoms with van der Waals surface area (Å²) in [6, 6.07) is 20.5. The number of methoxy groups -OCH3 is 2. The Morgan fingerprint density at radius 3 is 2.38 bits per heavy atom. The Labute approximate surface area is 215 Å². The van der Waals surface area contributed by atoms with E-state index in [4.69, 9.17) is 13.9 Å². The number of hydrogen-bond donors (Lipinski definition) is 0. The first kappa shape index (κ1) is 24.6. The Hall–Kier alpha value is -4.10. The Kier molecular flexibility index (Phi) is 6.97. The van der Waals surface area contributed by atoms with Gasteiger partial charge in [-0.3, -0.25) is 14.5 Å². The van der Waals surface area contributed by atoms with Crippen molar-refractivity contribution in [1.29, 1.82) is 0 Å². The first-order valence-electron chi connectivity index (χ1n) is 12.3. The molecule has 1 amide bonds. The lowest BCUT2D eigenvalue weighted by Crippen LogP contribution is -2.48. The van der Waals surface area contributed by atoms with Crippen LogP contribution in [0.4, 0.5) is 0 Å². The molecule has 1 fully saturated rings. The molecular formula is C30H30N2O5. The molecule has 1 aliphatic heterocycles. The third-order valence-electron chi connectivity index (χ3n) is 6.95. The van der Waals surface area contributed by atoms with Gasteiger partial charge in [0.25, 0.3) is 5.91 Å². The molecule has 2 heterocycles. The minimum atomic E-state index is -0.129. The van der Waals surface area contributed by atoms with Gasteiger partial charge in [0.05, 0.1) is 25.2 Å². The minimum absolute atomic E-state index is 0.119. The second-order valence-electron chi connectivity index (χ2n) is 9.18. The maximum atomic E-state index is 13.6. The quantitative estimate of drug-likeness (QED) is 0.382. The molecule has 0 saturated carbocycles. The van der Waals surface area contributed by atoms with E-state index in [0.717, 1.165) is 35.7 Å². The fourth-order valence-electron chi connectivity index (χ4n) is 4.87. The number of ether oxygens (including phenoxy) is 2. The molecule has 0 aliphatic carbocycles. The van der Waals surface area contributed by atoms with Gasteiger partial charge in [-0.15, -0.1) is 0 Å².